The Kier molecular flexibility index (Phi) is 5.98. The van der Waals surface area contributed by atoms with Crippen molar-refractivity contribution in [3.63, 3.8) is 0 Å². The molecule has 1 aliphatic rings. The van der Waals surface area contributed by atoms with Crippen molar-refractivity contribution in [3.05, 3.63) is 57.8 Å². The van der Waals surface area contributed by atoms with Crippen LogP contribution in [0.3, 0.4) is 0 Å². The lowest BCUT2D eigenvalue weighted by Gasteiger charge is -2.34. The molecule has 1 unspecified atom stereocenters. The van der Waals surface area contributed by atoms with E-state index in [0.29, 0.717) is 6.54 Å². The second kappa shape index (κ2) is 8.22. The van der Waals surface area contributed by atoms with Crippen molar-refractivity contribution in [2.24, 2.45) is 0 Å². The molecule has 3 nitrogen and oxygen atoms in total. The Morgan fingerprint density at radius 2 is 1.96 bits per heavy atom. The fourth-order valence-electron chi connectivity index (χ4n) is 3.28. The molecule has 1 aliphatic heterocycles. The Hall–Kier alpha value is -1.86. The molecule has 0 spiro atoms. The number of rotatable bonds is 5. The van der Waals surface area contributed by atoms with Crippen molar-refractivity contribution in [2.75, 3.05) is 19.6 Å². The van der Waals surface area contributed by atoms with E-state index in [4.69, 9.17) is 0 Å². The van der Waals surface area contributed by atoms with Crippen molar-refractivity contribution >= 4 is 17.2 Å². The molecule has 1 aromatic heterocycles. The maximum atomic E-state index is 12.8. The summed E-state index contributed by atoms with van der Waals surface area (Å²) in [6.07, 6.45) is -0.989. The Morgan fingerprint density at radius 1 is 1.19 bits per heavy atom. The molecule has 0 bridgehead atoms. The van der Waals surface area contributed by atoms with E-state index in [0.717, 1.165) is 43.6 Å². The quantitative estimate of drug-likeness (QED) is 0.811. The molecule has 3 rings (SSSR count). The summed E-state index contributed by atoms with van der Waals surface area (Å²) in [5.41, 5.74) is 0.361. The second-order valence-corrected chi connectivity index (χ2v) is 7.24. The Bertz CT molecular complexity index is 725. The Balaban J connectivity index is 1.70. The number of nitrogens with one attached hydrogen (secondary N) is 1. The highest BCUT2D eigenvalue weighted by atomic mass is 32.1. The summed E-state index contributed by atoms with van der Waals surface area (Å²) in [5.74, 6) is -0.478. The second-order valence-electron chi connectivity index (χ2n) is 6.46. The summed E-state index contributed by atoms with van der Waals surface area (Å²) in [6.45, 7) is 2.33. The zero-order valence-electron chi connectivity index (χ0n) is 14.3. The van der Waals surface area contributed by atoms with Gasteiger partial charge in [-0.1, -0.05) is 12.5 Å². The fraction of sp³-hybridized carbons (Fsp3) is 0.421. The summed E-state index contributed by atoms with van der Waals surface area (Å²) < 4.78 is 38.5. The van der Waals surface area contributed by atoms with Crippen molar-refractivity contribution in [3.8, 4) is 0 Å². The molecular formula is C19H21F3N2OS. The van der Waals surface area contributed by atoms with Crippen LogP contribution in [-0.2, 0) is 6.18 Å². The average Bonchev–Trinajstić information content (AvgIpc) is 3.16. The molecule has 1 saturated heterocycles. The van der Waals surface area contributed by atoms with Gasteiger partial charge in [0.05, 0.1) is 11.6 Å². The van der Waals surface area contributed by atoms with Crippen LogP contribution in [0.1, 0.15) is 46.8 Å². The van der Waals surface area contributed by atoms with E-state index < -0.39 is 17.6 Å². The largest absolute Gasteiger partial charge is 0.416 e. The number of alkyl halides is 3. The number of carbonyl (C=O) groups is 1. The predicted octanol–water partition coefficient (Wildman–Crippen LogP) is 4.72. The Morgan fingerprint density at radius 3 is 2.62 bits per heavy atom. The highest BCUT2D eigenvalue weighted by Crippen LogP contribution is 2.30. The van der Waals surface area contributed by atoms with E-state index in [1.54, 1.807) is 11.3 Å². The van der Waals surface area contributed by atoms with Gasteiger partial charge in [0, 0.05) is 12.1 Å². The van der Waals surface area contributed by atoms with Crippen molar-refractivity contribution in [1.82, 2.24) is 10.2 Å². The van der Waals surface area contributed by atoms with E-state index in [2.05, 4.69) is 15.6 Å². The van der Waals surface area contributed by atoms with Crippen LogP contribution in [0.4, 0.5) is 13.2 Å². The van der Waals surface area contributed by atoms with Gasteiger partial charge in [-0.25, -0.2) is 0 Å². The van der Waals surface area contributed by atoms with Crippen molar-refractivity contribution in [1.29, 1.82) is 0 Å². The normalized spacial score (nSPS) is 17.0. The zero-order chi connectivity index (χ0) is 18.6. The minimum absolute atomic E-state index is 0.0301. The summed E-state index contributed by atoms with van der Waals surface area (Å²) in [7, 11) is 0. The van der Waals surface area contributed by atoms with Crippen LogP contribution in [0.25, 0.3) is 0 Å². The van der Waals surface area contributed by atoms with Crippen molar-refractivity contribution < 1.29 is 18.0 Å². The minimum atomic E-state index is -4.46. The van der Waals surface area contributed by atoms with E-state index in [9.17, 15) is 18.0 Å². The van der Waals surface area contributed by atoms with E-state index in [-0.39, 0.29) is 11.6 Å². The number of thiophene rings is 1. The molecule has 1 aromatic carbocycles. The molecule has 0 radical (unpaired) electrons. The van der Waals surface area contributed by atoms with Crippen LogP contribution in [0.5, 0.6) is 0 Å². The van der Waals surface area contributed by atoms with E-state index >= 15 is 0 Å². The van der Waals surface area contributed by atoms with Gasteiger partial charge in [-0.15, -0.1) is 0 Å². The molecule has 2 heterocycles. The molecule has 140 valence electrons. The number of hydrogen-bond acceptors (Lipinski definition) is 3. The molecule has 0 saturated carbocycles. The number of halogens is 3. The van der Waals surface area contributed by atoms with Crippen molar-refractivity contribution in [2.45, 2.75) is 31.5 Å². The fourth-order valence-corrected chi connectivity index (χ4v) is 3.99. The van der Waals surface area contributed by atoms with Crippen LogP contribution in [0.2, 0.25) is 0 Å². The standard InChI is InChI=1S/C19H21F3N2OS/c20-19(21,22)16-6-4-5-14(11-16)18(25)23-12-17(15-7-10-26-13-15)24-8-2-1-3-9-24/h4-7,10-11,13,17H,1-3,8-9,12H2,(H,23,25). The zero-order valence-corrected chi connectivity index (χ0v) is 15.1. The number of benzene rings is 1. The lowest BCUT2D eigenvalue weighted by molar-refractivity contribution is -0.137. The lowest BCUT2D eigenvalue weighted by atomic mass is 10.0. The van der Waals surface area contributed by atoms with Crippen LogP contribution in [0, 0.1) is 0 Å². The van der Waals surface area contributed by atoms with Crippen LogP contribution in [0.15, 0.2) is 41.1 Å². The molecule has 1 atom stereocenters. The van der Waals surface area contributed by atoms with Gasteiger partial charge in [-0.05, 0) is 66.5 Å². The average molecular weight is 382 g/mol. The molecule has 7 heteroatoms. The first-order chi connectivity index (χ1) is 12.4. The molecule has 1 fully saturated rings. The Labute approximate surface area is 154 Å². The van der Waals surface area contributed by atoms with Gasteiger partial charge in [0.1, 0.15) is 0 Å². The monoisotopic (exact) mass is 382 g/mol. The maximum absolute atomic E-state index is 12.8. The first kappa shape index (κ1) is 18.9. The summed E-state index contributed by atoms with van der Waals surface area (Å²) in [6, 6.07) is 6.63. The summed E-state index contributed by atoms with van der Waals surface area (Å²) >= 11 is 1.60. The third-order valence-corrected chi connectivity index (χ3v) is 5.37. The van der Waals surface area contributed by atoms with E-state index in [1.165, 1.54) is 18.6 Å². The molecule has 1 amide bonds. The molecular weight excluding hydrogens is 361 g/mol. The maximum Gasteiger partial charge on any atom is 0.416 e. The number of likely N-dealkylation sites (tertiary alicyclic amines) is 1. The van der Waals surface area contributed by atoms with Crippen LogP contribution >= 0.6 is 11.3 Å². The van der Waals surface area contributed by atoms with Gasteiger partial charge in [0.15, 0.2) is 0 Å². The van der Waals surface area contributed by atoms with Crippen LogP contribution in [-0.4, -0.2) is 30.4 Å². The molecule has 0 aliphatic carbocycles. The van der Waals surface area contributed by atoms with Crippen LogP contribution < -0.4 is 5.32 Å². The third-order valence-electron chi connectivity index (χ3n) is 4.67. The number of piperidine rings is 1. The smallest absolute Gasteiger partial charge is 0.350 e. The predicted molar refractivity (Wildman–Crippen MR) is 96.3 cm³/mol. The van der Waals surface area contributed by atoms with Gasteiger partial charge in [0.25, 0.3) is 5.91 Å². The molecule has 26 heavy (non-hydrogen) atoms. The number of amides is 1. The topological polar surface area (TPSA) is 32.3 Å². The molecule has 1 N–H and O–H groups in total. The first-order valence-corrected chi connectivity index (χ1v) is 9.61. The van der Waals surface area contributed by atoms with Gasteiger partial charge in [-0.2, -0.15) is 24.5 Å². The summed E-state index contributed by atoms with van der Waals surface area (Å²) in [4.78, 5) is 14.7. The van der Waals surface area contributed by atoms with Gasteiger partial charge in [-0.3, -0.25) is 9.69 Å². The van der Waals surface area contributed by atoms with Gasteiger partial charge < -0.3 is 5.32 Å². The van der Waals surface area contributed by atoms with Gasteiger partial charge in [0.2, 0.25) is 0 Å². The molecule has 2 aromatic rings. The third kappa shape index (κ3) is 4.65. The first-order valence-electron chi connectivity index (χ1n) is 8.67. The summed E-state index contributed by atoms with van der Waals surface area (Å²) in [5, 5.41) is 6.89. The SMILES string of the molecule is O=C(NCC(c1ccsc1)N1CCCCC1)c1cccc(C(F)(F)F)c1. The number of nitrogens with zero attached hydrogens (tertiary/aromatic N) is 1. The van der Waals surface area contributed by atoms with E-state index in [1.807, 2.05) is 11.4 Å². The number of hydrogen-bond donors (Lipinski definition) is 1. The highest BCUT2D eigenvalue weighted by molar-refractivity contribution is 7.07. The minimum Gasteiger partial charge on any atom is -0.350 e. The number of carbonyl (C=O) groups excluding carboxylic acids is 1. The highest BCUT2D eigenvalue weighted by Gasteiger charge is 2.31. The lowest BCUT2D eigenvalue weighted by Crippen LogP contribution is -2.40. The van der Waals surface area contributed by atoms with Gasteiger partial charge >= 0.3 is 6.18 Å².